The Hall–Kier alpha value is -1.22. The van der Waals surface area contributed by atoms with Crippen molar-refractivity contribution in [3.05, 3.63) is 11.6 Å². The molecule has 0 amide bonds. The number of aliphatic hydroxyl groups is 15. The van der Waals surface area contributed by atoms with Gasteiger partial charge in [0.1, 0.15) is 91.6 Å². The van der Waals surface area contributed by atoms with Gasteiger partial charge < -0.3 is 119 Å². The highest BCUT2D eigenvalue weighted by atomic mass is 16.8. The Balaban J connectivity index is 0.820. The van der Waals surface area contributed by atoms with E-state index >= 15 is 0 Å². The van der Waals surface area contributed by atoms with Crippen molar-refractivity contribution < 1.29 is 119 Å². The minimum atomic E-state index is -1.81. The fraction of sp³-hybridized carbons (Fsp3) is 0.961. The first-order chi connectivity index (χ1) is 35.4. The van der Waals surface area contributed by atoms with E-state index in [1.807, 2.05) is 13.8 Å². The van der Waals surface area contributed by atoms with Crippen molar-refractivity contribution in [1.82, 2.24) is 0 Å². The maximum absolute atomic E-state index is 13.1. The summed E-state index contributed by atoms with van der Waals surface area (Å²) in [6, 6.07) is 0. The van der Waals surface area contributed by atoms with Gasteiger partial charge in [0.15, 0.2) is 30.9 Å². The highest BCUT2D eigenvalue weighted by Crippen LogP contribution is 2.71. The van der Waals surface area contributed by atoms with Crippen molar-refractivity contribution in [3.8, 4) is 0 Å². The zero-order chi connectivity index (χ0) is 54.4. The van der Waals surface area contributed by atoms with Crippen LogP contribution in [-0.4, -0.2) is 249 Å². The van der Waals surface area contributed by atoms with Crippen LogP contribution in [0.2, 0.25) is 0 Å². The van der Waals surface area contributed by atoms with Gasteiger partial charge in [-0.25, -0.2) is 0 Å². The Kier molecular flexibility index (Phi) is 17.3. The molecular formula is C51H84O24. The number of fused-ring (bicyclic) bond motifs is 7. The van der Waals surface area contributed by atoms with Gasteiger partial charge in [0.05, 0.1) is 50.3 Å². The lowest BCUT2D eigenvalue weighted by Gasteiger charge is -2.61. The first-order valence-electron chi connectivity index (χ1n) is 27.0. The first kappa shape index (κ1) is 58.4. The standard InChI is InChI=1S/C51H84O24/c1-20(19-67-46-42(38(61)34(57)29(17-53)71-46)73-45-41(64)37(60)33(56)28(16-52)70-45)8-13-51(66)21(2)31-27(75-51)15-50(65)26-7-6-23-14-24(9-11-48(23,4)25(26)10-12-49(31,50)5)69-47-43(39(62)35(58)30(18-54)72-47)74-44-40(63)36(59)32(55)22(3)68-44/h6,20-22,24-47,52-66H,7-19H2,1-5H3/t20-,21+,22+,24+,25+,26-,27+,28-,29-,30-,31+,32+,33-,34-,35-,36-,37+,38+,39+,40-,41-,42-,43-,44+,45+,46-,47-,48+,49-,50-,51-/m1/s1. The Morgan fingerprint density at radius 2 is 1.17 bits per heavy atom. The third kappa shape index (κ3) is 10.1. The third-order valence-electron chi connectivity index (χ3n) is 19.7. The molecule has 5 saturated heterocycles. The average Bonchev–Trinajstić information content (AvgIpc) is 3.88. The quantitative estimate of drug-likeness (QED) is 0.0697. The van der Waals surface area contributed by atoms with E-state index in [-0.39, 0.29) is 48.0 Å². The number of hydrogen-bond acceptors (Lipinski definition) is 24. The summed E-state index contributed by atoms with van der Waals surface area (Å²) in [7, 11) is 0. The number of ether oxygens (including phenoxy) is 9. The van der Waals surface area contributed by atoms with E-state index in [1.165, 1.54) is 12.5 Å². The predicted octanol–water partition coefficient (Wildman–Crippen LogP) is -3.89. The summed E-state index contributed by atoms with van der Waals surface area (Å²) >= 11 is 0. The van der Waals surface area contributed by atoms with E-state index in [0.29, 0.717) is 44.9 Å². The van der Waals surface area contributed by atoms with Gasteiger partial charge in [0.25, 0.3) is 0 Å². The molecule has 0 aromatic carbocycles. The topological polar surface area (TPSA) is 387 Å². The molecule has 0 aromatic rings. The molecule has 4 aliphatic carbocycles. The molecule has 0 aromatic heterocycles. The number of rotatable bonds is 15. The Labute approximate surface area is 435 Å². The molecule has 0 radical (unpaired) electrons. The SMILES string of the molecule is C[C@H](CC[C@@]1(O)O[C@H]2C[C@@]3(O)[C@@H]4CC=C5C[C@@H](O[C@@H]6O[C@H](CO)[C@@H](O)[C@H](O)[C@H]6O[C@@H]6O[C@@H](C)[C@H](O)[C@@H](O)[C@H]6O)CC[C@]5(C)[C@H]4CC[C@]3(C)[C@H]2[C@@H]1C)CO[C@@H]1O[C@H](CO)[C@@H](O)[C@H](O)[C@H]1O[C@@H]1O[C@H](CO)[C@@H](O)[C@H](O)[C@H]1O. The highest BCUT2D eigenvalue weighted by Gasteiger charge is 2.74. The summed E-state index contributed by atoms with van der Waals surface area (Å²) in [5.74, 6) is -2.31. The molecule has 432 valence electrons. The van der Waals surface area contributed by atoms with Crippen LogP contribution >= 0.6 is 0 Å². The van der Waals surface area contributed by atoms with Gasteiger partial charge in [0, 0.05) is 30.1 Å². The van der Waals surface area contributed by atoms with Crippen molar-refractivity contribution >= 4 is 0 Å². The van der Waals surface area contributed by atoms with Crippen LogP contribution in [-0.2, 0) is 42.6 Å². The van der Waals surface area contributed by atoms with Crippen LogP contribution in [0.3, 0.4) is 0 Å². The molecule has 75 heavy (non-hydrogen) atoms. The molecule has 9 rings (SSSR count). The minimum absolute atomic E-state index is 0.0155. The molecule has 0 unspecified atom stereocenters. The fourth-order valence-corrected chi connectivity index (χ4v) is 14.9. The van der Waals surface area contributed by atoms with Crippen LogP contribution < -0.4 is 0 Å². The maximum atomic E-state index is 13.1. The monoisotopic (exact) mass is 1080 g/mol. The Bertz CT molecular complexity index is 1970. The minimum Gasteiger partial charge on any atom is -0.394 e. The molecule has 3 saturated carbocycles. The molecule has 15 N–H and O–H groups in total. The van der Waals surface area contributed by atoms with Gasteiger partial charge in [0.2, 0.25) is 0 Å². The number of hydrogen-bond donors (Lipinski definition) is 15. The molecular weight excluding hydrogens is 997 g/mol. The summed E-state index contributed by atoms with van der Waals surface area (Å²) in [6.07, 6.45) is -23.9. The van der Waals surface area contributed by atoms with E-state index in [4.69, 9.17) is 42.6 Å². The smallest absolute Gasteiger partial charge is 0.187 e. The van der Waals surface area contributed by atoms with Crippen LogP contribution in [0.5, 0.6) is 0 Å². The summed E-state index contributed by atoms with van der Waals surface area (Å²) in [5, 5.41) is 161. The lowest BCUT2D eigenvalue weighted by Crippen LogP contribution is -2.64. The average molecular weight is 1080 g/mol. The highest BCUT2D eigenvalue weighted by molar-refractivity contribution is 5.29. The molecule has 9 aliphatic rings. The van der Waals surface area contributed by atoms with Gasteiger partial charge in [-0.05, 0) is 75.0 Å². The molecule has 5 heterocycles. The van der Waals surface area contributed by atoms with Gasteiger partial charge in [-0.3, -0.25) is 0 Å². The molecule has 0 spiro atoms. The molecule has 31 atom stereocenters. The second kappa shape index (κ2) is 22.3. The second-order valence-corrected chi connectivity index (χ2v) is 24.0. The lowest BCUT2D eigenvalue weighted by atomic mass is 9.45. The molecule has 24 heteroatoms. The van der Waals surface area contributed by atoms with Crippen LogP contribution in [0.1, 0.15) is 92.4 Å². The summed E-state index contributed by atoms with van der Waals surface area (Å²) in [6.45, 7) is 7.67. The predicted molar refractivity (Wildman–Crippen MR) is 252 cm³/mol. The first-order valence-corrected chi connectivity index (χ1v) is 27.0. The molecule has 24 nitrogen and oxygen atoms in total. The lowest BCUT2D eigenvalue weighted by molar-refractivity contribution is -0.369. The van der Waals surface area contributed by atoms with E-state index in [1.54, 1.807) is 0 Å². The van der Waals surface area contributed by atoms with Gasteiger partial charge >= 0.3 is 0 Å². The van der Waals surface area contributed by atoms with Crippen molar-refractivity contribution in [1.29, 1.82) is 0 Å². The van der Waals surface area contributed by atoms with E-state index in [2.05, 4.69) is 19.9 Å². The van der Waals surface area contributed by atoms with Crippen LogP contribution in [0.15, 0.2) is 11.6 Å². The van der Waals surface area contributed by atoms with Crippen LogP contribution in [0.25, 0.3) is 0 Å². The Morgan fingerprint density at radius 3 is 1.79 bits per heavy atom. The summed E-state index contributed by atoms with van der Waals surface area (Å²) in [5.41, 5.74) is -0.829. The van der Waals surface area contributed by atoms with Crippen molar-refractivity contribution in [3.63, 3.8) is 0 Å². The fourth-order valence-electron chi connectivity index (χ4n) is 14.9. The largest absolute Gasteiger partial charge is 0.394 e. The number of allylic oxidation sites excluding steroid dienone is 1. The van der Waals surface area contributed by atoms with E-state index < -0.39 is 172 Å². The summed E-state index contributed by atoms with van der Waals surface area (Å²) < 4.78 is 53.8. The van der Waals surface area contributed by atoms with Crippen molar-refractivity contribution in [2.45, 2.75) is 239 Å². The molecule has 0 bridgehead atoms. The normalized spacial score (nSPS) is 55.3. The van der Waals surface area contributed by atoms with Gasteiger partial charge in [-0.2, -0.15) is 0 Å². The second-order valence-electron chi connectivity index (χ2n) is 24.0. The summed E-state index contributed by atoms with van der Waals surface area (Å²) in [4.78, 5) is 0. The maximum Gasteiger partial charge on any atom is 0.187 e. The van der Waals surface area contributed by atoms with Crippen LogP contribution in [0.4, 0.5) is 0 Å². The van der Waals surface area contributed by atoms with Gasteiger partial charge in [-0.1, -0.05) is 39.3 Å². The Morgan fingerprint density at radius 1 is 0.627 bits per heavy atom. The van der Waals surface area contributed by atoms with Gasteiger partial charge in [-0.15, -0.1) is 0 Å². The number of aliphatic hydroxyl groups excluding tert-OH is 13. The zero-order valence-electron chi connectivity index (χ0n) is 43.2. The van der Waals surface area contributed by atoms with Crippen molar-refractivity contribution in [2.24, 2.45) is 40.4 Å². The molecule has 8 fully saturated rings. The zero-order valence-corrected chi connectivity index (χ0v) is 43.2. The van der Waals surface area contributed by atoms with E-state index in [9.17, 15) is 76.6 Å². The van der Waals surface area contributed by atoms with Crippen LogP contribution in [0, 0.1) is 40.4 Å². The third-order valence-corrected chi connectivity index (χ3v) is 19.7. The van der Waals surface area contributed by atoms with Crippen molar-refractivity contribution in [2.75, 3.05) is 26.4 Å². The van der Waals surface area contributed by atoms with E-state index in [0.717, 1.165) is 6.42 Å². The molecule has 5 aliphatic heterocycles.